The molecule has 0 radical (unpaired) electrons. The second-order valence-corrected chi connectivity index (χ2v) is 8.59. The quantitative estimate of drug-likeness (QED) is 0.716. The molecule has 1 aromatic heterocycles. The Bertz CT molecular complexity index is 801. The van der Waals surface area contributed by atoms with Crippen LogP contribution in [-0.4, -0.2) is 60.3 Å². The second kappa shape index (κ2) is 8.32. The molecular weight excluding hydrogens is 356 g/mol. The largest absolute Gasteiger partial charge is 0.338 e. The maximum atomic E-state index is 12.6. The summed E-state index contributed by atoms with van der Waals surface area (Å²) in [5.41, 5.74) is 5.29. The van der Waals surface area contributed by atoms with E-state index >= 15 is 0 Å². The Hall–Kier alpha value is -1.71. The minimum atomic E-state index is -3.69. The van der Waals surface area contributed by atoms with E-state index in [1.165, 1.54) is 27.2 Å². The maximum absolute atomic E-state index is 12.6. The predicted octanol–water partition coefficient (Wildman–Crippen LogP) is 0.0745. The Kier molecular flexibility index (Phi) is 6.59. The van der Waals surface area contributed by atoms with Crippen molar-refractivity contribution in [3.05, 3.63) is 28.7 Å². The predicted molar refractivity (Wildman–Crippen MR) is 99.1 cm³/mol. The molecule has 1 aromatic rings. The maximum Gasteiger partial charge on any atom is 0.251 e. The highest BCUT2D eigenvalue weighted by molar-refractivity contribution is 7.89. The molecule has 2 N–H and O–H groups in total. The van der Waals surface area contributed by atoms with Crippen molar-refractivity contribution in [3.8, 4) is 0 Å². The van der Waals surface area contributed by atoms with Crippen LogP contribution in [0.3, 0.4) is 0 Å². The molecule has 1 aliphatic heterocycles. The van der Waals surface area contributed by atoms with Gasteiger partial charge in [-0.1, -0.05) is 13.8 Å². The monoisotopic (exact) mass is 384 g/mol. The molecule has 0 aromatic carbocycles. The summed E-state index contributed by atoms with van der Waals surface area (Å²) >= 11 is 0. The third-order valence-electron chi connectivity index (χ3n) is 4.92. The lowest BCUT2D eigenvalue weighted by molar-refractivity contribution is -0.132. The van der Waals surface area contributed by atoms with Crippen LogP contribution in [0.4, 0.5) is 0 Å². The van der Waals surface area contributed by atoms with Gasteiger partial charge in [-0.3, -0.25) is 9.59 Å². The Balaban J connectivity index is 2.26. The first-order valence-electron chi connectivity index (χ1n) is 8.94. The van der Waals surface area contributed by atoms with Gasteiger partial charge in [0, 0.05) is 37.9 Å². The highest BCUT2D eigenvalue weighted by Gasteiger charge is 2.31. The fraction of sp³-hybridized carbons (Fsp3) is 0.647. The van der Waals surface area contributed by atoms with Crippen LogP contribution in [0.25, 0.3) is 0 Å². The van der Waals surface area contributed by atoms with Crippen molar-refractivity contribution in [2.45, 2.75) is 44.7 Å². The van der Waals surface area contributed by atoms with Gasteiger partial charge in [0.25, 0.3) is 5.56 Å². The SMILES string of the molecule is CCN(CC)S(=O)(=O)c1ccc(=O)n(CC(=O)N2CC(CN)CC2C)c1. The number of likely N-dealkylation sites (tertiary alicyclic amines) is 1. The van der Waals surface area contributed by atoms with Crippen LogP contribution >= 0.6 is 0 Å². The van der Waals surface area contributed by atoms with E-state index in [1.807, 2.05) is 6.92 Å². The fourth-order valence-corrected chi connectivity index (χ4v) is 4.87. The van der Waals surface area contributed by atoms with Gasteiger partial charge < -0.3 is 15.2 Å². The van der Waals surface area contributed by atoms with Crippen LogP contribution in [0.15, 0.2) is 28.0 Å². The number of nitrogens with zero attached hydrogens (tertiary/aromatic N) is 3. The highest BCUT2D eigenvalue weighted by Crippen LogP contribution is 2.22. The first-order valence-corrected chi connectivity index (χ1v) is 10.4. The van der Waals surface area contributed by atoms with Gasteiger partial charge >= 0.3 is 0 Å². The lowest BCUT2D eigenvalue weighted by Gasteiger charge is -2.22. The molecule has 2 unspecified atom stereocenters. The average Bonchev–Trinajstić information content (AvgIpc) is 2.98. The molecule has 0 aliphatic carbocycles. The molecule has 2 heterocycles. The molecule has 26 heavy (non-hydrogen) atoms. The molecule has 2 rings (SSSR count). The molecule has 9 heteroatoms. The zero-order valence-electron chi connectivity index (χ0n) is 15.6. The molecule has 1 amide bonds. The number of nitrogens with two attached hydrogens (primary N) is 1. The van der Waals surface area contributed by atoms with Gasteiger partial charge in [0.15, 0.2) is 0 Å². The summed E-state index contributed by atoms with van der Waals surface area (Å²) in [6.45, 7) is 7.05. The van der Waals surface area contributed by atoms with Crippen LogP contribution in [0.5, 0.6) is 0 Å². The van der Waals surface area contributed by atoms with Crippen molar-refractivity contribution in [3.63, 3.8) is 0 Å². The fourth-order valence-electron chi connectivity index (χ4n) is 3.40. The third kappa shape index (κ3) is 4.16. The molecule has 0 bridgehead atoms. The summed E-state index contributed by atoms with van der Waals surface area (Å²) in [7, 11) is -3.69. The number of sulfonamides is 1. The highest BCUT2D eigenvalue weighted by atomic mass is 32.2. The van der Waals surface area contributed by atoms with Crippen molar-refractivity contribution < 1.29 is 13.2 Å². The van der Waals surface area contributed by atoms with Crippen LogP contribution < -0.4 is 11.3 Å². The van der Waals surface area contributed by atoms with Crippen LogP contribution in [0.1, 0.15) is 27.2 Å². The molecule has 0 spiro atoms. The molecule has 146 valence electrons. The zero-order chi connectivity index (χ0) is 19.5. The van der Waals surface area contributed by atoms with Crippen molar-refractivity contribution in [2.75, 3.05) is 26.2 Å². The van der Waals surface area contributed by atoms with E-state index < -0.39 is 15.6 Å². The van der Waals surface area contributed by atoms with Crippen molar-refractivity contribution in [2.24, 2.45) is 11.7 Å². The summed E-state index contributed by atoms with van der Waals surface area (Å²) < 4.78 is 27.8. The van der Waals surface area contributed by atoms with Gasteiger partial charge in [-0.05, 0) is 31.9 Å². The first-order chi connectivity index (χ1) is 12.2. The Morgan fingerprint density at radius 3 is 2.50 bits per heavy atom. The normalized spacial score (nSPS) is 20.7. The van der Waals surface area contributed by atoms with Crippen LogP contribution in [-0.2, 0) is 21.4 Å². The van der Waals surface area contributed by atoms with Crippen LogP contribution in [0, 0.1) is 5.92 Å². The van der Waals surface area contributed by atoms with Crippen molar-refractivity contribution in [1.82, 2.24) is 13.8 Å². The standard InChI is InChI=1S/C17H28N4O4S/c1-4-20(5-2)26(24,25)15-6-7-16(22)19(11-15)12-17(23)21-10-14(9-18)8-13(21)3/h6-7,11,13-14H,4-5,8-10,12,18H2,1-3H3. The van der Waals surface area contributed by atoms with Gasteiger partial charge in [-0.2, -0.15) is 4.31 Å². The van der Waals surface area contributed by atoms with E-state index in [-0.39, 0.29) is 29.3 Å². The topological polar surface area (TPSA) is 106 Å². The Morgan fingerprint density at radius 1 is 1.31 bits per heavy atom. The minimum Gasteiger partial charge on any atom is -0.338 e. The van der Waals surface area contributed by atoms with E-state index in [1.54, 1.807) is 18.7 Å². The Labute approximate surface area is 154 Å². The summed E-state index contributed by atoms with van der Waals surface area (Å²) in [5, 5.41) is 0. The second-order valence-electron chi connectivity index (χ2n) is 6.65. The minimum absolute atomic E-state index is 0.0166. The number of carbonyl (C=O) groups is 1. The molecule has 1 aliphatic rings. The van der Waals surface area contributed by atoms with Crippen LogP contribution in [0.2, 0.25) is 0 Å². The smallest absolute Gasteiger partial charge is 0.251 e. The number of hydrogen-bond acceptors (Lipinski definition) is 5. The van der Waals surface area contributed by atoms with Gasteiger partial charge in [0.05, 0.1) is 4.90 Å². The Morgan fingerprint density at radius 2 is 1.96 bits per heavy atom. The number of carbonyl (C=O) groups excluding carboxylic acids is 1. The van der Waals surface area contributed by atoms with E-state index in [9.17, 15) is 18.0 Å². The average molecular weight is 385 g/mol. The van der Waals surface area contributed by atoms with E-state index in [0.717, 1.165) is 6.42 Å². The molecule has 1 fully saturated rings. The van der Waals surface area contributed by atoms with Gasteiger partial charge in [-0.15, -0.1) is 0 Å². The summed E-state index contributed by atoms with van der Waals surface area (Å²) in [6.07, 6.45) is 2.10. The van der Waals surface area contributed by atoms with Gasteiger partial charge in [-0.25, -0.2) is 8.42 Å². The van der Waals surface area contributed by atoms with Crippen molar-refractivity contribution >= 4 is 15.9 Å². The molecule has 1 saturated heterocycles. The van der Waals surface area contributed by atoms with E-state index in [0.29, 0.717) is 26.2 Å². The zero-order valence-corrected chi connectivity index (χ0v) is 16.4. The number of amides is 1. The van der Waals surface area contributed by atoms with E-state index in [4.69, 9.17) is 5.73 Å². The molecular formula is C17H28N4O4S. The van der Waals surface area contributed by atoms with E-state index in [2.05, 4.69) is 0 Å². The first kappa shape index (κ1) is 20.6. The number of hydrogen-bond donors (Lipinski definition) is 1. The molecule has 8 nitrogen and oxygen atoms in total. The number of pyridine rings is 1. The van der Waals surface area contributed by atoms with Gasteiger partial charge in [0.1, 0.15) is 6.54 Å². The van der Waals surface area contributed by atoms with Crippen molar-refractivity contribution in [1.29, 1.82) is 0 Å². The number of rotatable bonds is 7. The lowest BCUT2D eigenvalue weighted by atomic mass is 10.1. The molecule has 2 atom stereocenters. The number of aromatic nitrogens is 1. The van der Waals surface area contributed by atoms with Gasteiger partial charge in [0.2, 0.25) is 15.9 Å². The molecule has 0 saturated carbocycles. The third-order valence-corrected chi connectivity index (χ3v) is 6.95. The summed E-state index contributed by atoms with van der Waals surface area (Å²) in [4.78, 5) is 26.5. The summed E-state index contributed by atoms with van der Waals surface area (Å²) in [6, 6.07) is 2.55. The summed E-state index contributed by atoms with van der Waals surface area (Å²) in [5.74, 6) is 0.0630. The lowest BCUT2D eigenvalue weighted by Crippen LogP contribution is -2.39.